The summed E-state index contributed by atoms with van der Waals surface area (Å²) in [5, 5.41) is 15.0. The van der Waals surface area contributed by atoms with Crippen molar-refractivity contribution in [1.29, 1.82) is 0 Å². The number of phenolic OH excluding ortho intramolecular Hbond substituents is 1. The summed E-state index contributed by atoms with van der Waals surface area (Å²) in [7, 11) is 1.74. The summed E-state index contributed by atoms with van der Waals surface area (Å²) >= 11 is 0. The smallest absolute Gasteiger partial charge is 0.140 e. The number of aromatic hydroxyl groups is 1. The zero-order valence-corrected chi connectivity index (χ0v) is 11.2. The van der Waals surface area contributed by atoms with Crippen molar-refractivity contribution in [3.63, 3.8) is 0 Å². The molecule has 4 heteroatoms. The van der Waals surface area contributed by atoms with E-state index in [4.69, 9.17) is 4.74 Å². The Balaban J connectivity index is 2.54. The molecule has 4 nitrogen and oxygen atoms in total. The molecule has 0 aromatic heterocycles. The quantitative estimate of drug-likeness (QED) is 0.438. The van der Waals surface area contributed by atoms with E-state index in [2.05, 4.69) is 18.7 Å². The van der Waals surface area contributed by atoms with E-state index >= 15 is 0 Å². The first-order valence-electron chi connectivity index (χ1n) is 6.29. The molecular weight excluding hydrogens is 228 g/mol. The third-order valence-corrected chi connectivity index (χ3v) is 2.76. The summed E-state index contributed by atoms with van der Waals surface area (Å²) in [5.41, 5.74) is 1.66. The number of nitrogens with zero attached hydrogens (tertiary/aromatic N) is 2. The van der Waals surface area contributed by atoms with Crippen LogP contribution in [0.4, 0.5) is 5.69 Å². The van der Waals surface area contributed by atoms with Crippen LogP contribution in [-0.4, -0.2) is 25.5 Å². The lowest BCUT2D eigenvalue weighted by Crippen LogP contribution is -2.08. The van der Waals surface area contributed by atoms with Crippen LogP contribution in [0.2, 0.25) is 0 Å². The molecule has 0 atom stereocenters. The van der Waals surface area contributed by atoms with E-state index in [1.54, 1.807) is 13.1 Å². The van der Waals surface area contributed by atoms with Gasteiger partial charge in [0.1, 0.15) is 11.4 Å². The van der Waals surface area contributed by atoms with Gasteiger partial charge in [-0.15, -0.1) is 0 Å². The van der Waals surface area contributed by atoms with E-state index in [9.17, 15) is 5.11 Å². The molecule has 0 fully saturated rings. The minimum absolute atomic E-state index is 0.194. The van der Waals surface area contributed by atoms with Crippen molar-refractivity contribution in [2.24, 2.45) is 5.10 Å². The van der Waals surface area contributed by atoms with Crippen LogP contribution in [0.3, 0.4) is 0 Å². The van der Waals surface area contributed by atoms with Gasteiger partial charge in [-0.3, -0.25) is 5.01 Å². The Morgan fingerprint density at radius 2 is 2.17 bits per heavy atom. The maximum atomic E-state index is 9.71. The van der Waals surface area contributed by atoms with Crippen molar-refractivity contribution in [3.05, 3.63) is 23.8 Å². The molecule has 0 aliphatic heterocycles. The Bertz CT molecular complexity index is 380. The van der Waals surface area contributed by atoms with Gasteiger partial charge in [-0.1, -0.05) is 25.8 Å². The van der Waals surface area contributed by atoms with E-state index in [1.807, 2.05) is 12.1 Å². The molecule has 1 N–H and O–H groups in total. The SMILES string of the molecule is C=NN(C)c1cc(COCCCCC)ccc1O. The van der Waals surface area contributed by atoms with Gasteiger partial charge in [-0.05, 0) is 24.1 Å². The Labute approximate surface area is 109 Å². The standard InChI is InChI=1S/C14H22N2O2/c1-4-5-6-9-18-11-12-7-8-14(17)13(10-12)16(3)15-2/h7-8,10,17H,2,4-6,9,11H2,1,3H3. The zero-order valence-electron chi connectivity index (χ0n) is 11.2. The second-order valence-electron chi connectivity index (χ2n) is 4.25. The van der Waals surface area contributed by atoms with Gasteiger partial charge in [-0.2, -0.15) is 5.10 Å². The van der Waals surface area contributed by atoms with Crippen LogP contribution in [-0.2, 0) is 11.3 Å². The molecule has 0 unspecified atom stereocenters. The number of ether oxygens (including phenoxy) is 1. The first-order chi connectivity index (χ1) is 8.69. The molecule has 18 heavy (non-hydrogen) atoms. The van der Waals surface area contributed by atoms with E-state index in [1.165, 1.54) is 17.9 Å². The predicted molar refractivity (Wildman–Crippen MR) is 75.2 cm³/mol. The van der Waals surface area contributed by atoms with E-state index in [0.29, 0.717) is 12.3 Å². The van der Waals surface area contributed by atoms with Crippen LogP contribution in [0.5, 0.6) is 5.75 Å². The molecule has 0 spiro atoms. The highest BCUT2D eigenvalue weighted by Gasteiger charge is 2.06. The van der Waals surface area contributed by atoms with Crippen LogP contribution < -0.4 is 5.01 Å². The molecule has 0 saturated heterocycles. The molecule has 0 radical (unpaired) electrons. The second-order valence-corrected chi connectivity index (χ2v) is 4.25. The highest BCUT2D eigenvalue weighted by molar-refractivity contribution is 5.59. The topological polar surface area (TPSA) is 45.1 Å². The van der Waals surface area contributed by atoms with Crippen molar-refractivity contribution < 1.29 is 9.84 Å². The van der Waals surface area contributed by atoms with Crippen molar-refractivity contribution >= 4 is 12.4 Å². The lowest BCUT2D eigenvalue weighted by molar-refractivity contribution is 0.117. The van der Waals surface area contributed by atoms with Gasteiger partial charge in [0.25, 0.3) is 0 Å². The minimum Gasteiger partial charge on any atom is -0.506 e. The van der Waals surface area contributed by atoms with Gasteiger partial charge in [0.2, 0.25) is 0 Å². The molecule has 1 aromatic carbocycles. The number of anilines is 1. The van der Waals surface area contributed by atoms with Gasteiger partial charge in [0.15, 0.2) is 0 Å². The zero-order chi connectivity index (χ0) is 13.4. The Hall–Kier alpha value is -1.55. The van der Waals surface area contributed by atoms with Crippen LogP contribution >= 0.6 is 0 Å². The number of phenols is 1. The summed E-state index contributed by atoms with van der Waals surface area (Å²) in [5.74, 6) is 0.194. The lowest BCUT2D eigenvalue weighted by Gasteiger charge is -2.15. The Kier molecular flexibility index (Phi) is 6.22. The molecule has 0 saturated carbocycles. The lowest BCUT2D eigenvalue weighted by atomic mass is 10.2. The van der Waals surface area contributed by atoms with Crippen LogP contribution in [0.25, 0.3) is 0 Å². The summed E-state index contributed by atoms with van der Waals surface area (Å²) in [6.07, 6.45) is 3.49. The fourth-order valence-corrected chi connectivity index (χ4v) is 1.64. The molecule has 0 aliphatic carbocycles. The molecule has 0 amide bonds. The van der Waals surface area contributed by atoms with Crippen molar-refractivity contribution in [2.45, 2.75) is 32.8 Å². The van der Waals surface area contributed by atoms with Crippen molar-refractivity contribution in [3.8, 4) is 5.75 Å². The van der Waals surface area contributed by atoms with Crippen molar-refractivity contribution in [2.75, 3.05) is 18.7 Å². The molecule has 0 aliphatic rings. The second kappa shape index (κ2) is 7.71. The predicted octanol–water partition coefficient (Wildman–Crippen LogP) is 3.15. The molecule has 0 heterocycles. The first kappa shape index (κ1) is 14.5. The van der Waals surface area contributed by atoms with E-state index in [-0.39, 0.29) is 5.75 Å². The number of hydrogen-bond donors (Lipinski definition) is 1. The summed E-state index contributed by atoms with van der Waals surface area (Å²) in [6.45, 7) is 6.94. The average molecular weight is 250 g/mol. The molecule has 1 rings (SSSR count). The number of benzene rings is 1. The van der Waals surface area contributed by atoms with Gasteiger partial charge in [-0.25, -0.2) is 0 Å². The summed E-state index contributed by atoms with van der Waals surface area (Å²) < 4.78 is 5.58. The van der Waals surface area contributed by atoms with Gasteiger partial charge < -0.3 is 9.84 Å². The monoisotopic (exact) mass is 250 g/mol. The third kappa shape index (κ3) is 4.37. The molecular formula is C14H22N2O2. The fraction of sp³-hybridized carbons (Fsp3) is 0.500. The fourth-order valence-electron chi connectivity index (χ4n) is 1.64. The first-order valence-corrected chi connectivity index (χ1v) is 6.29. The van der Waals surface area contributed by atoms with Gasteiger partial charge >= 0.3 is 0 Å². The molecule has 1 aromatic rings. The summed E-state index contributed by atoms with van der Waals surface area (Å²) in [4.78, 5) is 0. The Morgan fingerprint density at radius 1 is 1.39 bits per heavy atom. The molecule has 0 bridgehead atoms. The van der Waals surface area contributed by atoms with Crippen molar-refractivity contribution in [1.82, 2.24) is 0 Å². The Morgan fingerprint density at radius 3 is 2.83 bits per heavy atom. The highest BCUT2D eigenvalue weighted by atomic mass is 16.5. The number of hydrazone groups is 1. The maximum Gasteiger partial charge on any atom is 0.140 e. The van der Waals surface area contributed by atoms with Gasteiger partial charge in [0.05, 0.1) is 6.61 Å². The number of hydrogen-bond acceptors (Lipinski definition) is 4. The molecule has 100 valence electrons. The van der Waals surface area contributed by atoms with Crippen LogP contribution in [0.15, 0.2) is 23.3 Å². The third-order valence-electron chi connectivity index (χ3n) is 2.76. The average Bonchev–Trinajstić information content (AvgIpc) is 2.39. The van der Waals surface area contributed by atoms with Gasteiger partial charge in [0, 0.05) is 20.4 Å². The van der Waals surface area contributed by atoms with E-state index in [0.717, 1.165) is 18.6 Å². The van der Waals surface area contributed by atoms with Crippen LogP contribution in [0.1, 0.15) is 31.7 Å². The normalized spacial score (nSPS) is 10.3. The maximum absolute atomic E-state index is 9.71. The van der Waals surface area contributed by atoms with E-state index < -0.39 is 0 Å². The van der Waals surface area contributed by atoms with Crippen LogP contribution in [0, 0.1) is 0 Å². The number of unbranched alkanes of at least 4 members (excludes halogenated alkanes) is 2. The minimum atomic E-state index is 0.194. The number of rotatable bonds is 8. The highest BCUT2D eigenvalue weighted by Crippen LogP contribution is 2.27. The summed E-state index contributed by atoms with van der Waals surface area (Å²) in [6, 6.07) is 5.38. The largest absolute Gasteiger partial charge is 0.506 e.